The van der Waals surface area contributed by atoms with Crippen LogP contribution < -0.4 is 15.0 Å². The second-order valence-corrected chi connectivity index (χ2v) is 10.7. The van der Waals surface area contributed by atoms with Crippen LogP contribution in [-0.2, 0) is 6.61 Å². The minimum atomic E-state index is -0.860. The van der Waals surface area contributed by atoms with Crippen LogP contribution in [-0.4, -0.2) is 46.2 Å². The number of benzene rings is 2. The Balaban J connectivity index is 1.26. The molecule has 208 valence electrons. The van der Waals surface area contributed by atoms with Crippen molar-refractivity contribution in [2.45, 2.75) is 32.4 Å². The molecule has 1 saturated heterocycles. The van der Waals surface area contributed by atoms with E-state index >= 15 is 4.39 Å². The van der Waals surface area contributed by atoms with E-state index in [9.17, 15) is 10.1 Å². The number of aromatic nitrogens is 3. The van der Waals surface area contributed by atoms with Gasteiger partial charge in [0.1, 0.15) is 12.4 Å². The van der Waals surface area contributed by atoms with Crippen molar-refractivity contribution in [1.29, 1.82) is 5.26 Å². The molecule has 2 aliphatic rings. The maximum Gasteiger partial charge on any atom is 0.287 e. The number of likely N-dealkylation sites (tertiary alicyclic amines) is 1. The first-order valence-electron chi connectivity index (χ1n) is 13.8. The molecule has 1 fully saturated rings. The highest BCUT2D eigenvalue weighted by atomic mass is 19.1. The van der Waals surface area contributed by atoms with Gasteiger partial charge in [-0.25, -0.2) is 14.4 Å². The highest BCUT2D eigenvalue weighted by molar-refractivity contribution is 5.75. The topological polar surface area (TPSA) is 93.3 Å². The van der Waals surface area contributed by atoms with Crippen molar-refractivity contribution in [2.75, 3.05) is 26.7 Å². The fourth-order valence-electron chi connectivity index (χ4n) is 5.58. The van der Waals surface area contributed by atoms with E-state index in [1.807, 2.05) is 31.2 Å². The predicted molar refractivity (Wildman–Crippen MR) is 152 cm³/mol. The summed E-state index contributed by atoms with van der Waals surface area (Å²) in [4.78, 5) is 24.5. The molecule has 8 nitrogen and oxygen atoms in total. The standard InChI is InChI=1S/C32H30FN5O3/c1-20(38-29-19-41-30-7-6-22(15-34)12-27(30)26(29)14-28(33)32(38)39)23-4-3-5-24(13-23)31-35-16-25(17-36-31)40-18-21-8-10-37(2)11-9-21/h3-7,12-14,16-17,20-21H,8-11,18-19H2,1-2H3. The number of nitrogens with zero attached hydrogens (tertiary/aromatic N) is 5. The van der Waals surface area contributed by atoms with Gasteiger partial charge in [0.15, 0.2) is 17.4 Å². The number of hydrogen-bond acceptors (Lipinski definition) is 7. The number of rotatable bonds is 6. The molecule has 0 N–H and O–H groups in total. The van der Waals surface area contributed by atoms with Gasteiger partial charge >= 0.3 is 0 Å². The smallest absolute Gasteiger partial charge is 0.287 e. The molecular formula is C32H30FN5O3. The van der Waals surface area contributed by atoms with Crippen molar-refractivity contribution in [1.82, 2.24) is 19.4 Å². The second kappa shape index (κ2) is 11.1. The average Bonchev–Trinajstić information content (AvgIpc) is 3.01. The zero-order valence-electron chi connectivity index (χ0n) is 23.0. The molecule has 4 heterocycles. The molecule has 0 radical (unpaired) electrons. The highest BCUT2D eigenvalue weighted by Gasteiger charge is 2.26. The van der Waals surface area contributed by atoms with Gasteiger partial charge in [0.2, 0.25) is 0 Å². The van der Waals surface area contributed by atoms with Gasteiger partial charge in [-0.1, -0.05) is 18.2 Å². The molecule has 1 atom stereocenters. The Morgan fingerprint density at radius 2 is 1.90 bits per heavy atom. The molecule has 0 saturated carbocycles. The third-order valence-corrected chi connectivity index (χ3v) is 8.03. The number of hydrogen-bond donors (Lipinski definition) is 0. The Morgan fingerprint density at radius 1 is 1.12 bits per heavy atom. The summed E-state index contributed by atoms with van der Waals surface area (Å²) in [5.41, 5.74) is 2.95. The quantitative estimate of drug-likeness (QED) is 0.325. The molecule has 41 heavy (non-hydrogen) atoms. The van der Waals surface area contributed by atoms with Crippen molar-refractivity contribution < 1.29 is 13.9 Å². The van der Waals surface area contributed by atoms with Gasteiger partial charge in [-0.3, -0.25) is 9.36 Å². The molecule has 0 aliphatic carbocycles. The van der Waals surface area contributed by atoms with E-state index in [1.54, 1.807) is 30.6 Å². The van der Waals surface area contributed by atoms with Gasteiger partial charge in [0, 0.05) is 16.7 Å². The molecule has 1 unspecified atom stereocenters. The van der Waals surface area contributed by atoms with E-state index in [-0.39, 0.29) is 6.61 Å². The Kier molecular flexibility index (Phi) is 7.25. The molecule has 0 amide bonds. The van der Waals surface area contributed by atoms with Gasteiger partial charge in [0.05, 0.1) is 42.4 Å². The van der Waals surface area contributed by atoms with E-state index in [0.717, 1.165) is 37.1 Å². The number of pyridine rings is 1. The lowest BCUT2D eigenvalue weighted by Gasteiger charge is -2.28. The van der Waals surface area contributed by atoms with Crippen LogP contribution >= 0.6 is 0 Å². The van der Waals surface area contributed by atoms with Crippen LogP contribution in [0.4, 0.5) is 4.39 Å². The van der Waals surface area contributed by atoms with Gasteiger partial charge in [-0.2, -0.15) is 5.26 Å². The van der Waals surface area contributed by atoms with E-state index in [4.69, 9.17) is 9.47 Å². The van der Waals surface area contributed by atoms with E-state index in [0.29, 0.717) is 52.2 Å². The fourth-order valence-corrected chi connectivity index (χ4v) is 5.58. The number of halogens is 1. The van der Waals surface area contributed by atoms with Gasteiger partial charge in [0.25, 0.3) is 5.56 Å². The molecule has 4 aromatic rings. The molecule has 0 bridgehead atoms. The van der Waals surface area contributed by atoms with Crippen LogP contribution in [0.5, 0.6) is 11.5 Å². The summed E-state index contributed by atoms with van der Waals surface area (Å²) < 4.78 is 28.3. The zero-order valence-corrected chi connectivity index (χ0v) is 23.0. The third kappa shape index (κ3) is 5.31. The number of ether oxygens (including phenoxy) is 2. The van der Waals surface area contributed by atoms with Gasteiger partial charge in [-0.15, -0.1) is 0 Å². The predicted octanol–water partition coefficient (Wildman–Crippen LogP) is 5.21. The molecule has 0 spiro atoms. The van der Waals surface area contributed by atoms with E-state index in [1.165, 1.54) is 10.6 Å². The van der Waals surface area contributed by atoms with Crippen LogP contribution in [0.15, 0.2) is 65.7 Å². The van der Waals surface area contributed by atoms with Crippen LogP contribution in [0.2, 0.25) is 0 Å². The molecule has 2 aromatic carbocycles. The van der Waals surface area contributed by atoms with Crippen LogP contribution in [0, 0.1) is 23.1 Å². The fraction of sp³-hybridized carbons (Fsp3) is 0.312. The van der Waals surface area contributed by atoms with Crippen molar-refractivity contribution >= 4 is 0 Å². The van der Waals surface area contributed by atoms with Gasteiger partial charge in [-0.05, 0) is 81.7 Å². The summed E-state index contributed by atoms with van der Waals surface area (Å²) in [5.74, 6) is 1.39. The van der Waals surface area contributed by atoms with Crippen molar-refractivity contribution in [3.05, 3.63) is 93.9 Å². The summed E-state index contributed by atoms with van der Waals surface area (Å²) in [7, 11) is 2.14. The minimum absolute atomic E-state index is 0.107. The Labute approximate surface area is 237 Å². The summed E-state index contributed by atoms with van der Waals surface area (Å²) in [5, 5.41) is 9.36. The van der Waals surface area contributed by atoms with Crippen molar-refractivity contribution in [3.8, 4) is 40.1 Å². The van der Waals surface area contributed by atoms with Crippen LogP contribution in [0.1, 0.15) is 42.6 Å². The molecule has 2 aromatic heterocycles. The zero-order chi connectivity index (χ0) is 28.5. The average molecular weight is 552 g/mol. The summed E-state index contributed by atoms with van der Waals surface area (Å²) in [6.45, 7) is 4.79. The maximum atomic E-state index is 15.0. The molecular weight excluding hydrogens is 521 g/mol. The van der Waals surface area contributed by atoms with Crippen molar-refractivity contribution in [2.24, 2.45) is 5.92 Å². The SMILES string of the molecule is CC(c1cccc(-c2ncc(OCC3CCN(C)CC3)cn2)c1)n1c2c(cc(F)c1=O)-c1cc(C#N)ccc1OC2. The summed E-state index contributed by atoms with van der Waals surface area (Å²) in [6.07, 6.45) is 5.62. The number of piperidine rings is 1. The number of nitriles is 1. The minimum Gasteiger partial charge on any atom is -0.490 e. The summed E-state index contributed by atoms with van der Waals surface area (Å²) in [6, 6.07) is 15.4. The first-order chi connectivity index (χ1) is 19.9. The highest BCUT2D eigenvalue weighted by Crippen LogP contribution is 2.39. The monoisotopic (exact) mass is 551 g/mol. The van der Waals surface area contributed by atoms with Crippen LogP contribution in [0.25, 0.3) is 22.5 Å². The third-order valence-electron chi connectivity index (χ3n) is 8.03. The maximum absolute atomic E-state index is 15.0. The molecule has 9 heteroatoms. The van der Waals surface area contributed by atoms with E-state index < -0.39 is 17.4 Å². The van der Waals surface area contributed by atoms with Crippen molar-refractivity contribution in [3.63, 3.8) is 0 Å². The Morgan fingerprint density at radius 3 is 2.66 bits per heavy atom. The normalized spacial score (nSPS) is 15.8. The first-order valence-corrected chi connectivity index (χ1v) is 13.8. The Hall–Kier alpha value is -4.55. The van der Waals surface area contributed by atoms with Crippen LogP contribution in [0.3, 0.4) is 0 Å². The molecule has 6 rings (SSSR count). The lowest BCUT2D eigenvalue weighted by molar-refractivity contribution is 0.159. The first kappa shape index (κ1) is 26.7. The molecule has 2 aliphatic heterocycles. The largest absolute Gasteiger partial charge is 0.490 e. The number of fused-ring (bicyclic) bond motifs is 3. The Bertz CT molecular complexity index is 1690. The second-order valence-electron chi connectivity index (χ2n) is 10.7. The van der Waals surface area contributed by atoms with Gasteiger partial charge < -0.3 is 14.4 Å². The van der Waals surface area contributed by atoms with E-state index in [2.05, 4.69) is 28.0 Å². The lowest BCUT2D eigenvalue weighted by atomic mass is 9.97. The summed E-state index contributed by atoms with van der Waals surface area (Å²) >= 11 is 0. The lowest BCUT2D eigenvalue weighted by Crippen LogP contribution is -2.32.